The van der Waals surface area contributed by atoms with E-state index in [1.54, 1.807) is 0 Å². The molecule has 1 heterocycles. The maximum atomic E-state index is 12.6. The lowest BCUT2D eigenvalue weighted by molar-refractivity contribution is -0.650. The molecule has 132 valence electrons. The molecule has 0 saturated carbocycles. The molecule has 0 aliphatic carbocycles. The molecule has 0 spiro atoms. The maximum Gasteiger partial charge on any atom is 0.305 e. The first kappa shape index (κ1) is 17.0. The van der Waals surface area contributed by atoms with Gasteiger partial charge in [-0.2, -0.15) is 0 Å². The van der Waals surface area contributed by atoms with Gasteiger partial charge in [0.1, 0.15) is 0 Å². The number of hydrogen-bond acceptors (Lipinski definition) is 1. The van der Waals surface area contributed by atoms with Crippen LogP contribution in [0.4, 0.5) is 0 Å². The maximum absolute atomic E-state index is 12.6. The SMILES string of the molecule is CC(c1ccc2ccccc2c1)c1cccc[n+]1NC(=O)c1ccccc1. The number of hydrogen-bond donors (Lipinski definition) is 1. The molecule has 0 aliphatic heterocycles. The summed E-state index contributed by atoms with van der Waals surface area (Å²) in [5, 5.41) is 2.45. The van der Waals surface area contributed by atoms with E-state index in [-0.39, 0.29) is 11.8 Å². The van der Waals surface area contributed by atoms with Crippen molar-refractivity contribution in [1.29, 1.82) is 0 Å². The molecule has 1 unspecified atom stereocenters. The average Bonchev–Trinajstić information content (AvgIpc) is 2.74. The average molecular weight is 353 g/mol. The number of nitrogens with zero attached hydrogens (tertiary/aromatic N) is 1. The molecule has 27 heavy (non-hydrogen) atoms. The highest BCUT2D eigenvalue weighted by atomic mass is 16.2. The summed E-state index contributed by atoms with van der Waals surface area (Å²) in [6, 6.07) is 30.1. The van der Waals surface area contributed by atoms with Crippen LogP contribution in [0.1, 0.15) is 34.5 Å². The van der Waals surface area contributed by atoms with Crippen LogP contribution in [-0.4, -0.2) is 5.91 Å². The van der Waals surface area contributed by atoms with E-state index >= 15 is 0 Å². The van der Waals surface area contributed by atoms with Crippen molar-refractivity contribution in [2.75, 3.05) is 5.43 Å². The molecule has 1 N–H and O–H groups in total. The second kappa shape index (κ2) is 7.42. The fourth-order valence-electron chi connectivity index (χ4n) is 3.32. The highest BCUT2D eigenvalue weighted by Gasteiger charge is 2.22. The molecule has 0 bridgehead atoms. The topological polar surface area (TPSA) is 33.0 Å². The molecular weight excluding hydrogens is 332 g/mol. The fourth-order valence-corrected chi connectivity index (χ4v) is 3.32. The summed E-state index contributed by atoms with van der Waals surface area (Å²) in [6.45, 7) is 2.16. The standard InChI is InChI=1S/C24H20N2O/c1-18(21-15-14-19-9-5-6-12-22(19)17-21)23-13-7-8-16-26(23)25-24(27)20-10-3-2-4-11-20/h2-18H,1H3/p+1. The third kappa shape index (κ3) is 3.58. The number of aromatic nitrogens is 1. The highest BCUT2D eigenvalue weighted by Crippen LogP contribution is 2.25. The molecule has 1 atom stereocenters. The normalized spacial score (nSPS) is 11.9. The Morgan fingerprint density at radius 3 is 2.33 bits per heavy atom. The molecule has 1 aromatic heterocycles. The van der Waals surface area contributed by atoms with Crippen molar-refractivity contribution >= 4 is 16.7 Å². The van der Waals surface area contributed by atoms with Gasteiger partial charge in [0.05, 0.1) is 5.92 Å². The van der Waals surface area contributed by atoms with Crippen LogP contribution in [0.2, 0.25) is 0 Å². The van der Waals surface area contributed by atoms with Crippen LogP contribution in [-0.2, 0) is 0 Å². The van der Waals surface area contributed by atoms with E-state index in [0.29, 0.717) is 5.56 Å². The van der Waals surface area contributed by atoms with Gasteiger partial charge < -0.3 is 0 Å². The quantitative estimate of drug-likeness (QED) is 0.532. The highest BCUT2D eigenvalue weighted by molar-refractivity contribution is 5.98. The third-order valence-electron chi connectivity index (χ3n) is 4.87. The summed E-state index contributed by atoms with van der Waals surface area (Å²) >= 11 is 0. The molecule has 1 amide bonds. The fraction of sp³-hybridized carbons (Fsp3) is 0.0833. The Balaban J connectivity index is 1.66. The first-order valence-corrected chi connectivity index (χ1v) is 9.08. The van der Waals surface area contributed by atoms with Crippen LogP contribution >= 0.6 is 0 Å². The van der Waals surface area contributed by atoms with Crippen molar-refractivity contribution in [3.8, 4) is 0 Å². The van der Waals surface area contributed by atoms with Gasteiger partial charge in [0.25, 0.3) is 0 Å². The van der Waals surface area contributed by atoms with Gasteiger partial charge in [-0.05, 0) is 41.5 Å². The van der Waals surface area contributed by atoms with Crippen molar-refractivity contribution in [3.05, 3.63) is 114 Å². The second-order valence-electron chi connectivity index (χ2n) is 6.63. The van der Waals surface area contributed by atoms with Gasteiger partial charge in [-0.15, -0.1) is 5.43 Å². The van der Waals surface area contributed by atoms with Crippen LogP contribution in [0, 0.1) is 0 Å². The number of benzene rings is 3. The van der Waals surface area contributed by atoms with Crippen molar-refractivity contribution in [1.82, 2.24) is 0 Å². The monoisotopic (exact) mass is 353 g/mol. The Morgan fingerprint density at radius 2 is 1.52 bits per heavy atom. The zero-order valence-electron chi connectivity index (χ0n) is 15.2. The Kier molecular flexibility index (Phi) is 4.67. The first-order chi connectivity index (χ1) is 13.2. The number of rotatable bonds is 4. The number of pyridine rings is 1. The molecule has 3 nitrogen and oxygen atoms in total. The van der Waals surface area contributed by atoms with Crippen LogP contribution < -0.4 is 10.1 Å². The van der Waals surface area contributed by atoms with Gasteiger partial charge >= 0.3 is 5.91 Å². The number of amides is 1. The summed E-state index contributed by atoms with van der Waals surface area (Å²) < 4.78 is 1.81. The van der Waals surface area contributed by atoms with Crippen LogP contribution in [0.25, 0.3) is 10.8 Å². The second-order valence-corrected chi connectivity index (χ2v) is 6.63. The molecule has 0 aliphatic rings. The summed E-state index contributed by atoms with van der Waals surface area (Å²) in [4.78, 5) is 12.6. The van der Waals surface area contributed by atoms with Gasteiger partial charge in [0.2, 0.25) is 5.69 Å². The summed E-state index contributed by atoms with van der Waals surface area (Å²) in [7, 11) is 0. The Labute approximate surface area is 158 Å². The molecule has 3 heteroatoms. The zero-order chi connectivity index (χ0) is 18.6. The molecule has 4 aromatic rings. The van der Waals surface area contributed by atoms with Crippen molar-refractivity contribution in [3.63, 3.8) is 0 Å². The Morgan fingerprint density at radius 1 is 0.815 bits per heavy atom. The zero-order valence-corrected chi connectivity index (χ0v) is 15.2. The van der Waals surface area contributed by atoms with Crippen LogP contribution in [0.15, 0.2) is 97.2 Å². The lowest BCUT2D eigenvalue weighted by atomic mass is 9.94. The lowest BCUT2D eigenvalue weighted by Gasteiger charge is -2.12. The minimum Gasteiger partial charge on any atom is -0.264 e. The summed E-state index contributed by atoms with van der Waals surface area (Å²) in [5.74, 6) is 0.00522. The smallest absolute Gasteiger partial charge is 0.264 e. The van der Waals surface area contributed by atoms with Gasteiger partial charge in [-0.25, -0.2) is 0 Å². The third-order valence-corrected chi connectivity index (χ3v) is 4.87. The van der Waals surface area contributed by atoms with Gasteiger partial charge in [-0.3, -0.25) is 4.79 Å². The van der Waals surface area contributed by atoms with E-state index in [2.05, 4.69) is 54.8 Å². The molecule has 4 rings (SSSR count). The summed E-state index contributed by atoms with van der Waals surface area (Å²) in [6.07, 6.45) is 1.88. The minimum absolute atomic E-state index is 0.126. The van der Waals surface area contributed by atoms with Gasteiger partial charge in [0, 0.05) is 17.7 Å². The molecular formula is C24H21N2O+. The molecule has 0 radical (unpaired) electrons. The number of fused-ring (bicyclic) bond motifs is 1. The van der Waals surface area contributed by atoms with E-state index in [4.69, 9.17) is 0 Å². The van der Waals surface area contributed by atoms with Crippen LogP contribution in [0.5, 0.6) is 0 Å². The molecule has 3 aromatic carbocycles. The molecule has 0 fully saturated rings. The number of nitrogens with one attached hydrogen (secondary N) is 1. The predicted octanol–water partition coefficient (Wildman–Crippen LogP) is 4.66. The van der Waals surface area contributed by atoms with E-state index in [9.17, 15) is 4.79 Å². The van der Waals surface area contributed by atoms with E-state index < -0.39 is 0 Å². The lowest BCUT2D eigenvalue weighted by Crippen LogP contribution is -2.51. The first-order valence-electron chi connectivity index (χ1n) is 9.08. The summed E-state index contributed by atoms with van der Waals surface area (Å²) in [5.41, 5.74) is 5.87. The van der Waals surface area contributed by atoms with E-state index in [0.717, 1.165) is 5.69 Å². The van der Waals surface area contributed by atoms with Crippen molar-refractivity contribution in [2.45, 2.75) is 12.8 Å². The van der Waals surface area contributed by atoms with Crippen molar-refractivity contribution < 1.29 is 9.47 Å². The number of carbonyl (C=O) groups excluding carboxylic acids is 1. The van der Waals surface area contributed by atoms with E-state index in [1.165, 1.54) is 16.3 Å². The van der Waals surface area contributed by atoms with E-state index in [1.807, 2.05) is 59.4 Å². The van der Waals surface area contributed by atoms with Crippen molar-refractivity contribution in [2.24, 2.45) is 0 Å². The largest absolute Gasteiger partial charge is 0.305 e. The Bertz CT molecular complexity index is 1090. The number of carbonyl (C=O) groups is 1. The molecule has 0 saturated heterocycles. The minimum atomic E-state index is -0.126. The van der Waals surface area contributed by atoms with Gasteiger partial charge in [-0.1, -0.05) is 65.3 Å². The van der Waals surface area contributed by atoms with Gasteiger partial charge in [0.15, 0.2) is 6.20 Å². The Hall–Kier alpha value is -3.46. The van der Waals surface area contributed by atoms with Crippen LogP contribution in [0.3, 0.4) is 0 Å². The predicted molar refractivity (Wildman–Crippen MR) is 108 cm³/mol.